The number of aryl methyl sites for hydroxylation is 2. The number of anilines is 1. The summed E-state index contributed by atoms with van der Waals surface area (Å²) in [7, 11) is -3.81. The fraction of sp³-hybridized carbons (Fsp3) is 0.235. The summed E-state index contributed by atoms with van der Waals surface area (Å²) in [5.41, 5.74) is 2.46. The summed E-state index contributed by atoms with van der Waals surface area (Å²) in [5.74, 6) is -1.82. The number of sulfone groups is 1. The van der Waals surface area contributed by atoms with E-state index in [2.05, 4.69) is 5.32 Å². The van der Waals surface area contributed by atoms with Gasteiger partial charge in [0.15, 0.2) is 9.84 Å². The smallest absolute Gasteiger partial charge is 0.239 e. The van der Waals surface area contributed by atoms with Gasteiger partial charge in [-0.1, -0.05) is 25.1 Å². The van der Waals surface area contributed by atoms with Crippen molar-refractivity contribution in [2.75, 3.05) is 11.1 Å². The Kier molecular flexibility index (Phi) is 5.15. The molecule has 0 radical (unpaired) electrons. The van der Waals surface area contributed by atoms with Crippen LogP contribution < -0.4 is 5.32 Å². The van der Waals surface area contributed by atoms with Crippen molar-refractivity contribution in [1.29, 1.82) is 0 Å². The van der Waals surface area contributed by atoms with Crippen LogP contribution in [0.1, 0.15) is 18.1 Å². The second-order valence-corrected chi connectivity index (χ2v) is 7.21. The first kappa shape index (κ1) is 17.1. The van der Waals surface area contributed by atoms with Gasteiger partial charge in [0.1, 0.15) is 11.6 Å². The number of hydrogen-bond acceptors (Lipinski definition) is 3. The van der Waals surface area contributed by atoms with Crippen molar-refractivity contribution in [3.8, 4) is 0 Å². The zero-order valence-corrected chi connectivity index (χ0v) is 13.8. The molecule has 0 saturated carbocycles. The molecule has 2 rings (SSSR count). The lowest BCUT2D eigenvalue weighted by Gasteiger charge is -2.13. The van der Waals surface area contributed by atoms with Crippen LogP contribution in [0.25, 0.3) is 0 Å². The second-order valence-electron chi connectivity index (χ2n) is 5.22. The number of nitrogens with one attached hydrogen (secondary N) is 1. The van der Waals surface area contributed by atoms with Gasteiger partial charge >= 0.3 is 0 Å². The van der Waals surface area contributed by atoms with Crippen LogP contribution in [0, 0.1) is 12.7 Å². The predicted molar refractivity (Wildman–Crippen MR) is 87.6 cm³/mol. The summed E-state index contributed by atoms with van der Waals surface area (Å²) in [6.07, 6.45) is 0.724. The first-order valence-corrected chi connectivity index (χ1v) is 8.85. The highest BCUT2D eigenvalue weighted by atomic mass is 32.2. The molecule has 6 heteroatoms. The molecule has 0 bridgehead atoms. The minimum atomic E-state index is -3.81. The van der Waals surface area contributed by atoms with Gasteiger partial charge < -0.3 is 5.32 Å². The Balaban J connectivity index is 2.18. The van der Waals surface area contributed by atoms with Gasteiger partial charge in [0, 0.05) is 5.69 Å². The Morgan fingerprint density at radius 2 is 1.78 bits per heavy atom. The molecule has 0 unspecified atom stereocenters. The average Bonchev–Trinajstić information content (AvgIpc) is 2.49. The lowest BCUT2D eigenvalue weighted by Crippen LogP contribution is -2.24. The van der Waals surface area contributed by atoms with E-state index < -0.39 is 27.3 Å². The molecule has 122 valence electrons. The highest BCUT2D eigenvalue weighted by Gasteiger charge is 2.20. The van der Waals surface area contributed by atoms with Crippen molar-refractivity contribution in [3.05, 3.63) is 59.4 Å². The van der Waals surface area contributed by atoms with E-state index in [1.165, 1.54) is 0 Å². The minimum absolute atomic E-state index is 0.0745. The van der Waals surface area contributed by atoms with E-state index >= 15 is 0 Å². The Bertz CT molecular complexity index is 814. The quantitative estimate of drug-likeness (QED) is 0.854. The van der Waals surface area contributed by atoms with Gasteiger partial charge in [0.25, 0.3) is 0 Å². The molecule has 23 heavy (non-hydrogen) atoms. The zero-order chi connectivity index (χ0) is 17.0. The highest BCUT2D eigenvalue weighted by molar-refractivity contribution is 7.92. The fourth-order valence-corrected chi connectivity index (χ4v) is 3.41. The third kappa shape index (κ3) is 4.16. The van der Waals surface area contributed by atoms with Crippen molar-refractivity contribution in [2.24, 2.45) is 0 Å². The maximum absolute atomic E-state index is 12.9. The van der Waals surface area contributed by atoms with Gasteiger partial charge in [-0.15, -0.1) is 0 Å². The Morgan fingerprint density at radius 1 is 1.13 bits per heavy atom. The largest absolute Gasteiger partial charge is 0.325 e. The van der Waals surface area contributed by atoms with Crippen molar-refractivity contribution in [1.82, 2.24) is 0 Å². The standard InChI is InChI=1S/C17H18FNO3S/c1-3-13-6-4-5-12(2)17(13)19-16(20)11-23(21,22)15-9-7-14(18)8-10-15/h4-10H,3,11H2,1-2H3,(H,19,20). The molecule has 1 N–H and O–H groups in total. The van der Waals surface area contributed by atoms with Crippen molar-refractivity contribution in [3.63, 3.8) is 0 Å². The fourth-order valence-electron chi connectivity index (χ4n) is 2.28. The van der Waals surface area contributed by atoms with Crippen LogP contribution in [0.15, 0.2) is 47.4 Å². The Hall–Kier alpha value is -2.21. The van der Waals surface area contributed by atoms with Crippen molar-refractivity contribution >= 4 is 21.4 Å². The van der Waals surface area contributed by atoms with Crippen LogP contribution in [-0.2, 0) is 21.1 Å². The summed E-state index contributed by atoms with van der Waals surface area (Å²) in [6, 6.07) is 10.1. The highest BCUT2D eigenvalue weighted by Crippen LogP contribution is 2.21. The van der Waals surface area contributed by atoms with E-state index in [0.29, 0.717) is 5.69 Å². The average molecular weight is 335 g/mol. The predicted octanol–water partition coefficient (Wildman–Crippen LogP) is 3.11. The molecule has 2 aromatic carbocycles. The molecule has 0 atom stereocenters. The second kappa shape index (κ2) is 6.91. The van der Waals surface area contributed by atoms with Crippen LogP contribution in [0.2, 0.25) is 0 Å². The molecular formula is C17H18FNO3S. The monoisotopic (exact) mass is 335 g/mol. The van der Waals surface area contributed by atoms with E-state index in [1.807, 2.05) is 32.0 Å². The first-order valence-electron chi connectivity index (χ1n) is 7.20. The van der Waals surface area contributed by atoms with E-state index in [-0.39, 0.29) is 4.90 Å². The third-order valence-electron chi connectivity index (χ3n) is 3.50. The van der Waals surface area contributed by atoms with Gasteiger partial charge in [0.05, 0.1) is 4.90 Å². The van der Waals surface area contributed by atoms with E-state index in [9.17, 15) is 17.6 Å². The number of benzene rings is 2. The molecule has 0 saturated heterocycles. The Morgan fingerprint density at radius 3 is 2.39 bits per heavy atom. The normalized spacial score (nSPS) is 11.3. The first-order chi connectivity index (χ1) is 10.8. The number of carbonyl (C=O) groups excluding carboxylic acids is 1. The molecule has 0 aliphatic carbocycles. The van der Waals surface area contributed by atoms with Crippen LogP contribution in [0.3, 0.4) is 0 Å². The van der Waals surface area contributed by atoms with Gasteiger partial charge in [-0.3, -0.25) is 4.79 Å². The molecule has 0 spiro atoms. The SMILES string of the molecule is CCc1cccc(C)c1NC(=O)CS(=O)(=O)c1ccc(F)cc1. The van der Waals surface area contributed by atoms with Crippen LogP contribution in [0.4, 0.5) is 10.1 Å². The van der Waals surface area contributed by atoms with Gasteiger partial charge in [-0.05, 0) is 48.7 Å². The molecule has 0 aliphatic heterocycles. The lowest BCUT2D eigenvalue weighted by molar-refractivity contribution is -0.113. The number of amides is 1. The molecular weight excluding hydrogens is 317 g/mol. The zero-order valence-electron chi connectivity index (χ0n) is 13.0. The van der Waals surface area contributed by atoms with E-state index in [4.69, 9.17) is 0 Å². The number of para-hydroxylation sites is 1. The molecule has 0 fully saturated rings. The molecule has 1 amide bonds. The van der Waals surface area contributed by atoms with Gasteiger partial charge in [-0.2, -0.15) is 0 Å². The van der Waals surface area contributed by atoms with E-state index in [1.54, 1.807) is 0 Å². The third-order valence-corrected chi connectivity index (χ3v) is 5.13. The van der Waals surface area contributed by atoms with Crippen molar-refractivity contribution in [2.45, 2.75) is 25.2 Å². The molecule has 2 aromatic rings. The summed E-state index contributed by atoms with van der Waals surface area (Å²) in [5, 5.41) is 2.67. The number of hydrogen-bond donors (Lipinski definition) is 1. The maximum Gasteiger partial charge on any atom is 0.239 e. The number of carbonyl (C=O) groups is 1. The minimum Gasteiger partial charge on any atom is -0.325 e. The lowest BCUT2D eigenvalue weighted by atomic mass is 10.1. The van der Waals surface area contributed by atoms with Crippen molar-refractivity contribution < 1.29 is 17.6 Å². The molecule has 0 heterocycles. The van der Waals surface area contributed by atoms with Gasteiger partial charge in [-0.25, -0.2) is 12.8 Å². The molecule has 4 nitrogen and oxygen atoms in total. The van der Waals surface area contributed by atoms with Crippen LogP contribution >= 0.6 is 0 Å². The number of halogens is 1. The maximum atomic E-state index is 12.9. The summed E-state index contributed by atoms with van der Waals surface area (Å²) >= 11 is 0. The van der Waals surface area contributed by atoms with Crippen LogP contribution in [-0.4, -0.2) is 20.1 Å². The summed E-state index contributed by atoms with van der Waals surface area (Å²) < 4.78 is 37.3. The molecule has 0 aromatic heterocycles. The Labute approximate surface area is 135 Å². The van der Waals surface area contributed by atoms with Gasteiger partial charge in [0.2, 0.25) is 5.91 Å². The topological polar surface area (TPSA) is 63.2 Å². The summed E-state index contributed by atoms with van der Waals surface area (Å²) in [6.45, 7) is 3.81. The summed E-state index contributed by atoms with van der Waals surface area (Å²) in [4.78, 5) is 12.0. The molecule has 0 aliphatic rings. The van der Waals surface area contributed by atoms with E-state index in [0.717, 1.165) is 41.8 Å². The van der Waals surface area contributed by atoms with Crippen LogP contribution in [0.5, 0.6) is 0 Å². The number of rotatable bonds is 5.